The first-order valence-electron chi connectivity index (χ1n) is 7.33. The Labute approximate surface area is 150 Å². The number of hydrogen-bond acceptors (Lipinski definition) is 6. The molecule has 25 heavy (non-hydrogen) atoms. The fourth-order valence-corrected chi connectivity index (χ4v) is 4.63. The Kier molecular flexibility index (Phi) is 4.36. The molecule has 4 N–H and O–H groups in total. The Bertz CT molecular complexity index is 975. The summed E-state index contributed by atoms with van der Waals surface area (Å²) in [5, 5.41) is 4.70. The van der Waals surface area contributed by atoms with Crippen molar-refractivity contribution in [1.82, 2.24) is 15.0 Å². The van der Waals surface area contributed by atoms with Gasteiger partial charge >= 0.3 is 0 Å². The molecule has 9 heteroatoms. The van der Waals surface area contributed by atoms with Crippen molar-refractivity contribution in [3.63, 3.8) is 0 Å². The zero-order chi connectivity index (χ0) is 18.2. The molecule has 0 amide bonds. The topological polar surface area (TPSA) is 125 Å². The van der Waals surface area contributed by atoms with Gasteiger partial charge in [-0.25, -0.2) is 23.5 Å². The van der Waals surface area contributed by atoms with E-state index in [4.69, 9.17) is 22.5 Å². The van der Waals surface area contributed by atoms with Crippen LogP contribution in [0.2, 0.25) is 0 Å². The van der Waals surface area contributed by atoms with Gasteiger partial charge in [0.1, 0.15) is 0 Å². The highest BCUT2D eigenvalue weighted by Gasteiger charge is 2.49. The van der Waals surface area contributed by atoms with Crippen LogP contribution < -0.4 is 10.9 Å². The van der Waals surface area contributed by atoms with E-state index < -0.39 is 20.1 Å². The van der Waals surface area contributed by atoms with Gasteiger partial charge in [0, 0.05) is 24.2 Å². The van der Waals surface area contributed by atoms with Crippen LogP contribution in [0.1, 0.15) is 16.8 Å². The van der Waals surface area contributed by atoms with E-state index in [0.717, 1.165) is 0 Å². The summed E-state index contributed by atoms with van der Waals surface area (Å²) in [6.07, 6.45) is 9.37. The average molecular weight is 378 g/mol. The minimum absolute atomic E-state index is 0.141. The van der Waals surface area contributed by atoms with Crippen molar-refractivity contribution >= 4 is 33.1 Å². The quantitative estimate of drug-likeness (QED) is 0.781. The minimum Gasteiger partial charge on any atom is -0.368 e. The van der Waals surface area contributed by atoms with Gasteiger partial charge in [-0.15, -0.1) is 11.6 Å². The second kappa shape index (κ2) is 6.21. The number of nitrogen functional groups attached to an aromatic ring is 1. The van der Waals surface area contributed by atoms with Gasteiger partial charge in [-0.3, -0.25) is 4.98 Å². The van der Waals surface area contributed by atoms with Crippen LogP contribution in [-0.4, -0.2) is 28.7 Å². The number of nitrogens with zero attached hydrogens (tertiary/aromatic N) is 3. The SMILES string of the molecule is Cc1nc(N)ncc1C1=CC(c2cccnc2)(S(N)(=O)=O)C(Cl)C=C1. The summed E-state index contributed by atoms with van der Waals surface area (Å²) in [6, 6.07) is 3.27. The molecule has 7 nitrogen and oxygen atoms in total. The third-order valence-corrected chi connectivity index (χ3v) is 6.28. The molecule has 130 valence electrons. The molecular weight excluding hydrogens is 362 g/mol. The van der Waals surface area contributed by atoms with Crippen LogP contribution >= 0.6 is 11.6 Å². The van der Waals surface area contributed by atoms with Crippen molar-refractivity contribution in [3.05, 3.63) is 65.8 Å². The number of aromatic nitrogens is 3. The molecule has 2 unspecified atom stereocenters. The lowest BCUT2D eigenvalue weighted by Gasteiger charge is -2.34. The molecule has 0 bridgehead atoms. The predicted octanol–water partition coefficient (Wildman–Crippen LogP) is 1.51. The number of primary sulfonamides is 1. The Balaban J connectivity index is 2.28. The van der Waals surface area contributed by atoms with Crippen molar-refractivity contribution < 1.29 is 8.42 Å². The summed E-state index contributed by atoms with van der Waals surface area (Å²) in [6.45, 7) is 1.76. The number of anilines is 1. The molecule has 2 heterocycles. The molecule has 2 aromatic rings. The number of halogens is 1. The van der Waals surface area contributed by atoms with Crippen LogP contribution in [-0.2, 0) is 14.8 Å². The van der Waals surface area contributed by atoms with Gasteiger partial charge in [-0.2, -0.15) is 0 Å². The normalized spacial score (nSPS) is 23.3. The van der Waals surface area contributed by atoms with E-state index in [9.17, 15) is 8.42 Å². The van der Waals surface area contributed by atoms with Crippen molar-refractivity contribution in [2.45, 2.75) is 17.0 Å². The molecule has 2 aromatic heterocycles. The molecule has 0 spiro atoms. The van der Waals surface area contributed by atoms with Gasteiger partial charge in [0.05, 0.1) is 11.1 Å². The van der Waals surface area contributed by atoms with Gasteiger partial charge < -0.3 is 5.73 Å². The summed E-state index contributed by atoms with van der Waals surface area (Å²) in [5.41, 5.74) is 7.82. The van der Waals surface area contributed by atoms with Gasteiger partial charge in [0.15, 0.2) is 4.75 Å². The highest BCUT2D eigenvalue weighted by molar-refractivity contribution is 7.90. The van der Waals surface area contributed by atoms with Gasteiger partial charge in [0.2, 0.25) is 16.0 Å². The molecule has 0 aliphatic heterocycles. The lowest BCUT2D eigenvalue weighted by atomic mass is 9.87. The van der Waals surface area contributed by atoms with Crippen molar-refractivity contribution in [1.29, 1.82) is 0 Å². The molecule has 0 fully saturated rings. The summed E-state index contributed by atoms with van der Waals surface area (Å²) in [4.78, 5) is 12.1. The summed E-state index contributed by atoms with van der Waals surface area (Å²) < 4.78 is 23.5. The molecule has 3 rings (SSSR count). The molecule has 1 aliphatic carbocycles. The van der Waals surface area contributed by atoms with E-state index in [1.54, 1.807) is 43.6 Å². The van der Waals surface area contributed by atoms with Crippen molar-refractivity contribution in [3.8, 4) is 0 Å². The standard InChI is InChI=1S/C16H16ClN5O2S/c1-10-13(9-21-15(18)22-10)11-4-5-14(17)16(7-11,25(19,23)24)12-3-2-6-20-8-12/h2-9,14H,1H3,(H2,18,21,22)(H2,19,23,24). The van der Waals surface area contributed by atoms with E-state index >= 15 is 0 Å². The minimum atomic E-state index is -4.12. The van der Waals surface area contributed by atoms with Crippen LogP contribution in [0.15, 0.2) is 49.0 Å². The number of nitrogens with two attached hydrogens (primary N) is 2. The predicted molar refractivity (Wildman–Crippen MR) is 97.0 cm³/mol. The summed E-state index contributed by atoms with van der Waals surface area (Å²) in [5.74, 6) is 0.141. The number of allylic oxidation sites excluding steroid dienone is 3. The van der Waals surface area contributed by atoms with E-state index in [2.05, 4.69) is 15.0 Å². The fraction of sp³-hybridized carbons (Fsp3) is 0.188. The van der Waals surface area contributed by atoms with E-state index in [0.29, 0.717) is 22.4 Å². The Morgan fingerprint density at radius 2 is 2.08 bits per heavy atom. The van der Waals surface area contributed by atoms with E-state index in [1.165, 1.54) is 12.3 Å². The Morgan fingerprint density at radius 1 is 1.32 bits per heavy atom. The first-order chi connectivity index (χ1) is 11.8. The van der Waals surface area contributed by atoms with Gasteiger partial charge in [0.25, 0.3) is 0 Å². The lowest BCUT2D eigenvalue weighted by molar-refractivity contribution is 0.561. The molecule has 1 aliphatic rings. The molecule has 0 radical (unpaired) electrons. The number of alkyl halides is 1. The molecule has 0 saturated heterocycles. The van der Waals surface area contributed by atoms with E-state index in [1.807, 2.05) is 0 Å². The number of sulfonamides is 1. The number of hydrogen-bond donors (Lipinski definition) is 2. The maximum atomic E-state index is 12.6. The Hall–Kier alpha value is -2.29. The van der Waals surface area contributed by atoms with Crippen LogP contribution in [0, 0.1) is 6.92 Å². The monoisotopic (exact) mass is 377 g/mol. The highest BCUT2D eigenvalue weighted by Crippen LogP contribution is 2.43. The maximum absolute atomic E-state index is 12.6. The van der Waals surface area contributed by atoms with Crippen LogP contribution in [0.3, 0.4) is 0 Å². The zero-order valence-corrected chi connectivity index (χ0v) is 14.9. The van der Waals surface area contributed by atoms with Gasteiger partial charge in [-0.1, -0.05) is 18.2 Å². The molecule has 0 aromatic carbocycles. The molecule has 0 saturated carbocycles. The van der Waals surface area contributed by atoms with Crippen molar-refractivity contribution in [2.75, 3.05) is 5.73 Å². The Morgan fingerprint density at radius 3 is 2.68 bits per heavy atom. The fourth-order valence-electron chi connectivity index (χ4n) is 2.87. The van der Waals surface area contributed by atoms with Crippen LogP contribution in [0.4, 0.5) is 5.95 Å². The largest absolute Gasteiger partial charge is 0.368 e. The second-order valence-corrected chi connectivity index (χ2v) is 7.90. The first kappa shape index (κ1) is 17.5. The van der Waals surface area contributed by atoms with Gasteiger partial charge in [-0.05, 0) is 30.2 Å². The lowest BCUT2D eigenvalue weighted by Crippen LogP contribution is -2.47. The number of aryl methyl sites for hydroxylation is 1. The van der Waals surface area contributed by atoms with Crippen molar-refractivity contribution in [2.24, 2.45) is 5.14 Å². The molecule has 2 atom stereocenters. The molecular formula is C16H16ClN5O2S. The zero-order valence-electron chi connectivity index (χ0n) is 13.3. The summed E-state index contributed by atoms with van der Waals surface area (Å²) >= 11 is 6.41. The van der Waals surface area contributed by atoms with Crippen LogP contribution in [0.25, 0.3) is 5.57 Å². The highest BCUT2D eigenvalue weighted by atomic mass is 35.5. The smallest absolute Gasteiger partial charge is 0.224 e. The average Bonchev–Trinajstić information content (AvgIpc) is 2.55. The first-order valence-corrected chi connectivity index (χ1v) is 9.31. The summed E-state index contributed by atoms with van der Waals surface area (Å²) in [7, 11) is -4.12. The third kappa shape index (κ3) is 2.92. The van der Waals surface area contributed by atoms with Crippen LogP contribution in [0.5, 0.6) is 0 Å². The van der Waals surface area contributed by atoms with E-state index in [-0.39, 0.29) is 5.95 Å². The maximum Gasteiger partial charge on any atom is 0.224 e. The second-order valence-electron chi connectivity index (χ2n) is 5.67. The number of pyridine rings is 1. The number of rotatable bonds is 3. The third-order valence-electron chi connectivity index (χ3n) is 4.12.